The first-order chi connectivity index (χ1) is 7.54. The van der Waals surface area contributed by atoms with E-state index in [-0.39, 0.29) is 12.6 Å². The van der Waals surface area contributed by atoms with Crippen molar-refractivity contribution >= 4 is 21.8 Å². The summed E-state index contributed by atoms with van der Waals surface area (Å²) in [5.74, 6) is 0.179. The number of nitrogens with two attached hydrogens (primary N) is 1. The van der Waals surface area contributed by atoms with E-state index in [4.69, 9.17) is 10.5 Å². The number of carbonyl (C=O) groups excluding carboxylic acids is 1. The topological polar surface area (TPSA) is 64.3 Å². The Morgan fingerprint density at radius 3 is 2.88 bits per heavy atom. The van der Waals surface area contributed by atoms with Crippen molar-refractivity contribution in [2.75, 3.05) is 13.7 Å². The number of hydrogen-bond donors (Lipinski definition) is 2. The van der Waals surface area contributed by atoms with Gasteiger partial charge in [0.05, 0.1) is 0 Å². The summed E-state index contributed by atoms with van der Waals surface area (Å²) in [7, 11) is 1.87. The van der Waals surface area contributed by atoms with E-state index in [2.05, 4.69) is 21.2 Å². The minimum atomic E-state index is -0.483. The molecule has 0 aliphatic heterocycles. The number of nitrogens with one attached hydrogen (secondary N) is 1. The van der Waals surface area contributed by atoms with Crippen molar-refractivity contribution in [1.29, 1.82) is 0 Å². The molecule has 16 heavy (non-hydrogen) atoms. The van der Waals surface area contributed by atoms with Gasteiger partial charge in [0.25, 0.3) is 5.91 Å². The molecule has 0 saturated carbocycles. The second-order valence-electron chi connectivity index (χ2n) is 3.45. The lowest BCUT2D eigenvalue weighted by Crippen LogP contribution is -2.21. The van der Waals surface area contributed by atoms with Gasteiger partial charge >= 0.3 is 0 Å². The van der Waals surface area contributed by atoms with Gasteiger partial charge in [0, 0.05) is 16.1 Å². The third-order valence-corrected chi connectivity index (χ3v) is 2.74. The molecule has 1 aromatic carbocycles. The van der Waals surface area contributed by atoms with Crippen molar-refractivity contribution in [3.63, 3.8) is 0 Å². The van der Waals surface area contributed by atoms with Crippen LogP contribution in [0.15, 0.2) is 22.7 Å². The van der Waals surface area contributed by atoms with Crippen LogP contribution in [0.3, 0.4) is 0 Å². The lowest BCUT2D eigenvalue weighted by molar-refractivity contribution is -0.119. The maximum Gasteiger partial charge on any atom is 0.255 e. The first-order valence-corrected chi connectivity index (χ1v) is 5.71. The molecule has 0 fully saturated rings. The number of halogens is 1. The summed E-state index contributed by atoms with van der Waals surface area (Å²) < 4.78 is 6.26. The quantitative estimate of drug-likeness (QED) is 0.864. The van der Waals surface area contributed by atoms with E-state index in [9.17, 15) is 4.79 Å². The molecule has 1 unspecified atom stereocenters. The van der Waals surface area contributed by atoms with E-state index >= 15 is 0 Å². The number of primary amides is 1. The number of rotatable bonds is 5. The smallest absolute Gasteiger partial charge is 0.255 e. The van der Waals surface area contributed by atoms with E-state index in [0.29, 0.717) is 5.75 Å². The number of hydrogen-bond acceptors (Lipinski definition) is 3. The molecule has 0 aliphatic carbocycles. The van der Waals surface area contributed by atoms with Gasteiger partial charge in [-0.1, -0.05) is 22.0 Å². The first-order valence-electron chi connectivity index (χ1n) is 4.92. The molecule has 88 valence electrons. The monoisotopic (exact) mass is 286 g/mol. The summed E-state index contributed by atoms with van der Waals surface area (Å²) in [6.45, 7) is 1.90. The molecule has 0 aromatic heterocycles. The van der Waals surface area contributed by atoms with Gasteiger partial charge in [-0.2, -0.15) is 0 Å². The van der Waals surface area contributed by atoms with Crippen LogP contribution in [0.5, 0.6) is 5.75 Å². The Morgan fingerprint density at radius 2 is 2.31 bits per heavy atom. The maximum absolute atomic E-state index is 10.7. The predicted molar refractivity (Wildman–Crippen MR) is 66.3 cm³/mol. The lowest BCUT2D eigenvalue weighted by atomic mass is 10.1. The molecule has 1 amide bonds. The van der Waals surface area contributed by atoms with Crippen molar-refractivity contribution in [3.8, 4) is 5.75 Å². The fourth-order valence-corrected chi connectivity index (χ4v) is 1.64. The van der Waals surface area contributed by atoms with E-state index in [1.807, 2.05) is 32.2 Å². The summed E-state index contributed by atoms with van der Waals surface area (Å²) >= 11 is 3.36. The van der Waals surface area contributed by atoms with Gasteiger partial charge in [0.15, 0.2) is 6.61 Å². The predicted octanol–water partition coefficient (Wildman–Crippen LogP) is 1.59. The molecule has 0 spiro atoms. The van der Waals surface area contributed by atoms with Crippen LogP contribution in [0.2, 0.25) is 0 Å². The van der Waals surface area contributed by atoms with Crippen LogP contribution in [0.1, 0.15) is 18.5 Å². The minimum Gasteiger partial charge on any atom is -0.483 e. The van der Waals surface area contributed by atoms with E-state index in [1.54, 1.807) is 0 Å². The van der Waals surface area contributed by atoms with Gasteiger partial charge in [-0.15, -0.1) is 0 Å². The van der Waals surface area contributed by atoms with Crippen molar-refractivity contribution < 1.29 is 9.53 Å². The van der Waals surface area contributed by atoms with Gasteiger partial charge in [-0.05, 0) is 26.1 Å². The van der Waals surface area contributed by atoms with Gasteiger partial charge in [-0.3, -0.25) is 4.79 Å². The first kappa shape index (κ1) is 13.0. The second-order valence-corrected chi connectivity index (χ2v) is 4.36. The Morgan fingerprint density at radius 1 is 1.62 bits per heavy atom. The Labute approximate surface area is 103 Å². The summed E-state index contributed by atoms with van der Waals surface area (Å²) in [6, 6.07) is 5.85. The molecule has 0 bridgehead atoms. The SMILES string of the molecule is CNC(C)c1ccc(Br)cc1OCC(N)=O. The normalized spacial score (nSPS) is 12.2. The fourth-order valence-electron chi connectivity index (χ4n) is 1.30. The molecule has 1 aromatic rings. The maximum atomic E-state index is 10.7. The van der Waals surface area contributed by atoms with Gasteiger partial charge in [0.2, 0.25) is 0 Å². The van der Waals surface area contributed by atoms with Gasteiger partial charge in [0.1, 0.15) is 5.75 Å². The summed E-state index contributed by atoms with van der Waals surface area (Å²) in [5, 5.41) is 3.12. The third-order valence-electron chi connectivity index (χ3n) is 2.25. The average molecular weight is 287 g/mol. The van der Waals surface area contributed by atoms with Crippen LogP contribution in [0, 0.1) is 0 Å². The molecular weight excluding hydrogens is 272 g/mol. The Kier molecular flexibility index (Phi) is 4.76. The number of ether oxygens (including phenoxy) is 1. The average Bonchev–Trinajstić information content (AvgIpc) is 2.25. The molecule has 0 radical (unpaired) electrons. The lowest BCUT2D eigenvalue weighted by Gasteiger charge is -2.16. The highest BCUT2D eigenvalue weighted by Gasteiger charge is 2.11. The highest BCUT2D eigenvalue weighted by molar-refractivity contribution is 9.10. The summed E-state index contributed by atoms with van der Waals surface area (Å²) in [5.41, 5.74) is 6.04. The molecule has 3 N–H and O–H groups in total. The highest BCUT2D eigenvalue weighted by atomic mass is 79.9. The molecule has 1 rings (SSSR count). The zero-order chi connectivity index (χ0) is 12.1. The van der Waals surface area contributed by atoms with Crippen LogP contribution in [0.4, 0.5) is 0 Å². The van der Waals surface area contributed by atoms with Crippen molar-refractivity contribution in [3.05, 3.63) is 28.2 Å². The third kappa shape index (κ3) is 3.50. The highest BCUT2D eigenvalue weighted by Crippen LogP contribution is 2.28. The molecule has 0 heterocycles. The van der Waals surface area contributed by atoms with E-state index in [1.165, 1.54) is 0 Å². The van der Waals surface area contributed by atoms with Crippen molar-refractivity contribution in [2.24, 2.45) is 5.73 Å². The largest absolute Gasteiger partial charge is 0.483 e. The van der Waals surface area contributed by atoms with Crippen LogP contribution in [-0.2, 0) is 4.79 Å². The Hall–Kier alpha value is -1.07. The van der Waals surface area contributed by atoms with E-state index < -0.39 is 5.91 Å². The van der Waals surface area contributed by atoms with Gasteiger partial charge in [-0.25, -0.2) is 0 Å². The molecule has 1 atom stereocenters. The molecule has 5 heteroatoms. The standard InChI is InChI=1S/C11H15BrN2O2/c1-7(14-2)9-4-3-8(12)5-10(9)16-6-11(13)15/h3-5,7,14H,6H2,1-2H3,(H2,13,15). The zero-order valence-corrected chi connectivity index (χ0v) is 10.9. The van der Waals surface area contributed by atoms with Crippen molar-refractivity contribution in [1.82, 2.24) is 5.32 Å². The van der Waals surface area contributed by atoms with E-state index in [0.717, 1.165) is 10.0 Å². The van der Waals surface area contributed by atoms with Crippen LogP contribution in [-0.4, -0.2) is 19.6 Å². The Balaban J connectivity index is 2.93. The second kappa shape index (κ2) is 5.86. The number of amides is 1. The van der Waals surface area contributed by atoms with Crippen LogP contribution < -0.4 is 15.8 Å². The number of carbonyl (C=O) groups is 1. The molecule has 0 saturated heterocycles. The number of benzene rings is 1. The minimum absolute atomic E-state index is 0.111. The molecule has 4 nitrogen and oxygen atoms in total. The summed E-state index contributed by atoms with van der Waals surface area (Å²) in [6.07, 6.45) is 0. The fraction of sp³-hybridized carbons (Fsp3) is 0.364. The molecular formula is C11H15BrN2O2. The molecule has 0 aliphatic rings. The van der Waals surface area contributed by atoms with Crippen LogP contribution in [0.25, 0.3) is 0 Å². The van der Waals surface area contributed by atoms with Crippen molar-refractivity contribution in [2.45, 2.75) is 13.0 Å². The van der Waals surface area contributed by atoms with Crippen LogP contribution >= 0.6 is 15.9 Å². The summed E-state index contributed by atoms with van der Waals surface area (Å²) in [4.78, 5) is 10.7. The Bertz CT molecular complexity index is 382. The van der Waals surface area contributed by atoms with Gasteiger partial charge < -0.3 is 15.8 Å². The zero-order valence-electron chi connectivity index (χ0n) is 9.29.